The molecule has 0 aromatic heterocycles. The Balaban J connectivity index is 1.79. The topological polar surface area (TPSA) is 52.6 Å². The number of hydrogen-bond donors (Lipinski definition) is 0. The summed E-state index contributed by atoms with van der Waals surface area (Å²) >= 11 is 3.24. The summed E-state index contributed by atoms with van der Waals surface area (Å²) in [6.07, 6.45) is -0.805. The molecule has 0 saturated carbocycles. The van der Waals surface area contributed by atoms with Crippen LogP contribution < -0.4 is 9.47 Å². The number of rotatable bonds is 3. The first-order valence-corrected chi connectivity index (χ1v) is 9.06. The maximum atomic E-state index is 13.2. The van der Waals surface area contributed by atoms with Crippen molar-refractivity contribution >= 4 is 25.8 Å². The molecule has 2 aromatic rings. The summed E-state index contributed by atoms with van der Waals surface area (Å²) in [6, 6.07) is 7.93. The summed E-state index contributed by atoms with van der Waals surface area (Å²) < 4.78 is 62.5. The first-order chi connectivity index (χ1) is 10.8. The highest BCUT2D eigenvalue weighted by Crippen LogP contribution is 2.34. The lowest BCUT2D eigenvalue weighted by atomic mass is 10.2. The van der Waals surface area contributed by atoms with E-state index in [1.54, 1.807) is 12.1 Å². The Morgan fingerprint density at radius 2 is 1.70 bits per heavy atom. The highest BCUT2D eigenvalue weighted by Gasteiger charge is 2.28. The van der Waals surface area contributed by atoms with Crippen LogP contribution in [-0.2, 0) is 9.84 Å². The van der Waals surface area contributed by atoms with Crippen molar-refractivity contribution < 1.29 is 26.7 Å². The van der Waals surface area contributed by atoms with Crippen LogP contribution in [0.1, 0.15) is 0 Å². The lowest BCUT2D eigenvalue weighted by Gasteiger charge is -2.26. The minimum absolute atomic E-state index is 0.00819. The Bertz CT molecular complexity index is 837. The van der Waals surface area contributed by atoms with E-state index >= 15 is 0 Å². The molecule has 122 valence electrons. The van der Waals surface area contributed by atoms with Crippen LogP contribution in [-0.4, -0.2) is 26.9 Å². The van der Waals surface area contributed by atoms with E-state index in [1.807, 2.05) is 0 Å². The van der Waals surface area contributed by atoms with Gasteiger partial charge in [0, 0.05) is 16.6 Å². The Hall–Kier alpha value is -1.67. The number of halogens is 3. The Morgan fingerprint density at radius 3 is 2.35 bits per heavy atom. The fourth-order valence-corrected chi connectivity index (χ4v) is 3.84. The SMILES string of the molecule is O=S(=O)(CC1COc2cc(F)c(F)cc2O1)c1ccc(Br)cc1. The highest BCUT2D eigenvalue weighted by atomic mass is 79.9. The van der Waals surface area contributed by atoms with Gasteiger partial charge in [-0.3, -0.25) is 0 Å². The summed E-state index contributed by atoms with van der Waals surface area (Å²) in [5.41, 5.74) is 0. The van der Waals surface area contributed by atoms with Gasteiger partial charge in [-0.1, -0.05) is 15.9 Å². The average Bonchev–Trinajstić information content (AvgIpc) is 2.49. The zero-order valence-electron chi connectivity index (χ0n) is 11.6. The van der Waals surface area contributed by atoms with Gasteiger partial charge in [0.25, 0.3) is 0 Å². The van der Waals surface area contributed by atoms with E-state index in [1.165, 1.54) is 12.1 Å². The van der Waals surface area contributed by atoms with Crippen LogP contribution in [0.2, 0.25) is 0 Å². The largest absolute Gasteiger partial charge is 0.486 e. The minimum atomic E-state index is -3.59. The van der Waals surface area contributed by atoms with Gasteiger partial charge in [-0.25, -0.2) is 17.2 Å². The molecule has 23 heavy (non-hydrogen) atoms. The average molecular weight is 405 g/mol. The van der Waals surface area contributed by atoms with Gasteiger partial charge in [-0.2, -0.15) is 0 Å². The van der Waals surface area contributed by atoms with Crippen LogP contribution in [0.25, 0.3) is 0 Å². The Labute approximate surface area is 140 Å². The number of ether oxygens (including phenoxy) is 2. The van der Waals surface area contributed by atoms with Gasteiger partial charge in [-0.05, 0) is 24.3 Å². The van der Waals surface area contributed by atoms with E-state index in [2.05, 4.69) is 15.9 Å². The molecule has 1 atom stereocenters. The van der Waals surface area contributed by atoms with Crippen LogP contribution in [0.4, 0.5) is 8.78 Å². The maximum absolute atomic E-state index is 13.2. The summed E-state index contributed by atoms with van der Waals surface area (Å²) in [5.74, 6) is -2.41. The van der Waals surface area contributed by atoms with Crippen LogP contribution in [0.5, 0.6) is 11.5 Å². The van der Waals surface area contributed by atoms with E-state index in [4.69, 9.17) is 9.47 Å². The van der Waals surface area contributed by atoms with E-state index in [0.717, 1.165) is 16.6 Å². The van der Waals surface area contributed by atoms with Crippen LogP contribution in [0.15, 0.2) is 45.8 Å². The number of benzene rings is 2. The highest BCUT2D eigenvalue weighted by molar-refractivity contribution is 9.10. The Morgan fingerprint density at radius 1 is 1.09 bits per heavy atom. The summed E-state index contributed by atoms with van der Waals surface area (Å²) in [7, 11) is -3.59. The predicted octanol–water partition coefficient (Wildman–Crippen LogP) is 3.34. The third-order valence-corrected chi connectivity index (χ3v) is 5.61. The molecule has 1 heterocycles. The molecule has 0 spiro atoms. The molecule has 1 aliphatic heterocycles. The standard InChI is InChI=1S/C15H11BrF2O4S/c16-9-1-3-11(4-2-9)23(19,20)8-10-7-21-14-5-12(17)13(18)6-15(14)22-10/h1-6,10H,7-8H2. The number of sulfone groups is 1. The molecular weight excluding hydrogens is 394 g/mol. The van der Waals surface area contributed by atoms with Crippen molar-refractivity contribution in [2.45, 2.75) is 11.0 Å². The molecule has 8 heteroatoms. The number of fused-ring (bicyclic) bond motifs is 1. The molecule has 3 rings (SSSR count). The van der Waals surface area contributed by atoms with Gasteiger partial charge in [0.05, 0.1) is 10.6 Å². The van der Waals surface area contributed by atoms with Crippen molar-refractivity contribution in [2.75, 3.05) is 12.4 Å². The summed E-state index contributed by atoms with van der Waals surface area (Å²) in [4.78, 5) is 0.153. The first kappa shape index (κ1) is 16.2. The fourth-order valence-electron chi connectivity index (χ4n) is 2.18. The van der Waals surface area contributed by atoms with Crippen LogP contribution in [0.3, 0.4) is 0 Å². The monoisotopic (exact) mass is 404 g/mol. The molecular formula is C15H11BrF2O4S. The van der Waals surface area contributed by atoms with E-state index in [9.17, 15) is 17.2 Å². The van der Waals surface area contributed by atoms with Crippen molar-refractivity contribution in [3.8, 4) is 11.5 Å². The van der Waals surface area contributed by atoms with Crippen LogP contribution >= 0.6 is 15.9 Å². The molecule has 0 amide bonds. The third kappa shape index (κ3) is 3.48. The van der Waals surface area contributed by atoms with Crippen molar-refractivity contribution in [3.05, 3.63) is 52.5 Å². The zero-order valence-corrected chi connectivity index (χ0v) is 14.0. The lowest BCUT2D eigenvalue weighted by Crippen LogP contribution is -2.35. The molecule has 0 N–H and O–H groups in total. The number of hydrogen-bond acceptors (Lipinski definition) is 4. The molecule has 0 radical (unpaired) electrons. The summed E-state index contributed by atoms with van der Waals surface area (Å²) in [5, 5.41) is 0. The van der Waals surface area contributed by atoms with Gasteiger partial charge >= 0.3 is 0 Å². The first-order valence-electron chi connectivity index (χ1n) is 6.62. The lowest BCUT2D eigenvalue weighted by molar-refractivity contribution is 0.104. The van der Waals surface area contributed by atoms with Crippen LogP contribution in [0, 0.1) is 11.6 Å². The van der Waals surface area contributed by atoms with Gasteiger partial charge < -0.3 is 9.47 Å². The smallest absolute Gasteiger partial charge is 0.182 e. The molecule has 0 saturated heterocycles. The van der Waals surface area contributed by atoms with Gasteiger partial charge in [0.2, 0.25) is 0 Å². The third-order valence-electron chi connectivity index (χ3n) is 3.28. The molecule has 1 aliphatic rings. The zero-order chi connectivity index (χ0) is 16.6. The van der Waals surface area contributed by atoms with Crippen molar-refractivity contribution in [2.24, 2.45) is 0 Å². The molecule has 1 unspecified atom stereocenters. The summed E-state index contributed by atoms with van der Waals surface area (Å²) in [6.45, 7) is -0.0617. The molecule has 4 nitrogen and oxygen atoms in total. The van der Waals surface area contributed by atoms with Gasteiger partial charge in [0.1, 0.15) is 12.7 Å². The maximum Gasteiger partial charge on any atom is 0.182 e. The molecule has 0 bridgehead atoms. The van der Waals surface area contributed by atoms with Gasteiger partial charge in [0.15, 0.2) is 33.0 Å². The quantitative estimate of drug-likeness (QED) is 0.786. The van der Waals surface area contributed by atoms with E-state index in [-0.39, 0.29) is 28.8 Å². The molecule has 0 fully saturated rings. The van der Waals surface area contributed by atoms with Gasteiger partial charge in [-0.15, -0.1) is 0 Å². The van der Waals surface area contributed by atoms with Crippen molar-refractivity contribution in [3.63, 3.8) is 0 Å². The van der Waals surface area contributed by atoms with E-state index in [0.29, 0.717) is 0 Å². The second-order valence-corrected chi connectivity index (χ2v) is 7.95. The normalized spacial score (nSPS) is 17.1. The predicted molar refractivity (Wildman–Crippen MR) is 82.5 cm³/mol. The molecule has 2 aromatic carbocycles. The van der Waals surface area contributed by atoms with Crippen molar-refractivity contribution in [1.82, 2.24) is 0 Å². The van der Waals surface area contributed by atoms with E-state index < -0.39 is 27.6 Å². The Kier molecular flexibility index (Phi) is 4.29. The van der Waals surface area contributed by atoms with Crippen molar-refractivity contribution in [1.29, 1.82) is 0 Å². The second kappa shape index (κ2) is 6.09. The minimum Gasteiger partial charge on any atom is -0.486 e. The fraction of sp³-hybridized carbons (Fsp3) is 0.200. The second-order valence-electron chi connectivity index (χ2n) is 5.00. The molecule has 0 aliphatic carbocycles.